The number of hydrogen-bond donors (Lipinski definition) is 1. The quantitative estimate of drug-likeness (QED) is 0.374. The standard InChI is InChI=1S/C11H12N2O4/c1-8(6-11(14)17-2)12-9-4-3-5-10(7-9)13(15)16/h3-7,12H,1-2H3/b8-6-. The molecule has 0 unspecified atom stereocenters. The summed E-state index contributed by atoms with van der Waals surface area (Å²) in [5, 5.41) is 13.4. The van der Waals surface area contributed by atoms with Crippen LogP contribution in [0, 0.1) is 10.1 Å². The number of carbonyl (C=O) groups is 1. The van der Waals surface area contributed by atoms with Crippen LogP contribution in [0.25, 0.3) is 0 Å². The summed E-state index contributed by atoms with van der Waals surface area (Å²) in [5.41, 5.74) is 1.06. The number of non-ortho nitro benzene ring substituents is 1. The lowest BCUT2D eigenvalue weighted by Gasteiger charge is -2.05. The first-order valence-electron chi connectivity index (χ1n) is 4.80. The second kappa shape index (κ2) is 5.64. The van der Waals surface area contributed by atoms with E-state index in [0.29, 0.717) is 11.4 Å². The highest BCUT2D eigenvalue weighted by atomic mass is 16.6. The van der Waals surface area contributed by atoms with E-state index < -0.39 is 10.9 Å². The number of rotatable bonds is 4. The molecule has 0 spiro atoms. The molecule has 0 aliphatic heterocycles. The second-order valence-corrected chi connectivity index (χ2v) is 3.28. The van der Waals surface area contributed by atoms with Crippen molar-refractivity contribution in [3.63, 3.8) is 0 Å². The average Bonchev–Trinajstić information content (AvgIpc) is 2.28. The molecule has 90 valence electrons. The van der Waals surface area contributed by atoms with Gasteiger partial charge < -0.3 is 10.1 Å². The second-order valence-electron chi connectivity index (χ2n) is 3.28. The molecule has 0 radical (unpaired) electrons. The van der Waals surface area contributed by atoms with E-state index in [1.165, 1.54) is 25.3 Å². The summed E-state index contributed by atoms with van der Waals surface area (Å²) in [6.07, 6.45) is 1.26. The largest absolute Gasteiger partial charge is 0.466 e. The molecule has 0 atom stereocenters. The van der Waals surface area contributed by atoms with Gasteiger partial charge >= 0.3 is 5.97 Å². The molecular weight excluding hydrogens is 224 g/mol. The fourth-order valence-electron chi connectivity index (χ4n) is 1.20. The van der Waals surface area contributed by atoms with E-state index in [1.54, 1.807) is 19.1 Å². The van der Waals surface area contributed by atoms with Crippen molar-refractivity contribution >= 4 is 17.3 Å². The van der Waals surface area contributed by atoms with Gasteiger partial charge in [-0.25, -0.2) is 4.79 Å². The Balaban J connectivity index is 2.81. The minimum Gasteiger partial charge on any atom is -0.466 e. The molecule has 17 heavy (non-hydrogen) atoms. The molecular formula is C11H12N2O4. The van der Waals surface area contributed by atoms with E-state index in [9.17, 15) is 14.9 Å². The maximum absolute atomic E-state index is 10.9. The minimum absolute atomic E-state index is 0.0131. The Hall–Kier alpha value is -2.37. The van der Waals surface area contributed by atoms with Gasteiger partial charge in [-0.3, -0.25) is 10.1 Å². The lowest BCUT2D eigenvalue weighted by molar-refractivity contribution is -0.384. The summed E-state index contributed by atoms with van der Waals surface area (Å²) in [7, 11) is 1.28. The van der Waals surface area contributed by atoms with Gasteiger partial charge in [0.05, 0.1) is 12.0 Å². The number of hydrogen-bond acceptors (Lipinski definition) is 5. The van der Waals surface area contributed by atoms with E-state index in [0.717, 1.165) is 0 Å². The molecule has 1 N–H and O–H groups in total. The molecule has 0 bridgehead atoms. The van der Waals surface area contributed by atoms with Crippen LogP contribution in [0.2, 0.25) is 0 Å². The van der Waals surface area contributed by atoms with Gasteiger partial charge in [0, 0.05) is 29.6 Å². The van der Waals surface area contributed by atoms with E-state index in [1.807, 2.05) is 0 Å². The van der Waals surface area contributed by atoms with Crippen LogP contribution in [0.5, 0.6) is 0 Å². The maximum Gasteiger partial charge on any atom is 0.332 e. The lowest BCUT2D eigenvalue weighted by atomic mass is 10.2. The Labute approximate surface area is 98.0 Å². The first-order chi connectivity index (χ1) is 8.02. The molecule has 0 amide bonds. The Morgan fingerprint density at radius 1 is 1.53 bits per heavy atom. The number of ether oxygens (including phenoxy) is 1. The number of methoxy groups -OCH3 is 1. The molecule has 0 saturated carbocycles. The number of nitrogens with zero attached hydrogens (tertiary/aromatic N) is 1. The molecule has 0 aliphatic rings. The monoisotopic (exact) mass is 236 g/mol. The van der Waals surface area contributed by atoms with E-state index in [2.05, 4.69) is 10.1 Å². The number of allylic oxidation sites excluding steroid dienone is 1. The minimum atomic E-state index is -0.486. The van der Waals surface area contributed by atoms with Gasteiger partial charge in [-0.15, -0.1) is 0 Å². The van der Waals surface area contributed by atoms with Crippen LogP contribution in [0.3, 0.4) is 0 Å². The zero-order valence-corrected chi connectivity index (χ0v) is 9.47. The van der Waals surface area contributed by atoms with Crippen LogP contribution < -0.4 is 5.32 Å². The summed E-state index contributed by atoms with van der Waals surface area (Å²) in [6.45, 7) is 1.66. The summed E-state index contributed by atoms with van der Waals surface area (Å²) < 4.78 is 4.46. The fraction of sp³-hybridized carbons (Fsp3) is 0.182. The molecule has 0 aromatic heterocycles. The number of nitro benzene ring substituents is 1. The van der Waals surface area contributed by atoms with Crippen molar-refractivity contribution in [2.24, 2.45) is 0 Å². The Morgan fingerprint density at radius 2 is 2.24 bits per heavy atom. The number of nitrogens with one attached hydrogen (secondary N) is 1. The van der Waals surface area contributed by atoms with Crippen LogP contribution in [0.15, 0.2) is 36.0 Å². The van der Waals surface area contributed by atoms with Crippen molar-refractivity contribution in [1.82, 2.24) is 0 Å². The molecule has 1 aromatic rings. The van der Waals surface area contributed by atoms with Crippen LogP contribution in [0.4, 0.5) is 11.4 Å². The van der Waals surface area contributed by atoms with Crippen LogP contribution in [0.1, 0.15) is 6.92 Å². The smallest absolute Gasteiger partial charge is 0.332 e. The van der Waals surface area contributed by atoms with Crippen molar-refractivity contribution in [2.75, 3.05) is 12.4 Å². The average molecular weight is 236 g/mol. The van der Waals surface area contributed by atoms with Crippen molar-refractivity contribution < 1.29 is 14.5 Å². The maximum atomic E-state index is 10.9. The summed E-state index contributed by atoms with van der Waals surface area (Å²) in [5.74, 6) is -0.486. The lowest BCUT2D eigenvalue weighted by Crippen LogP contribution is -2.02. The van der Waals surface area contributed by atoms with Gasteiger partial charge in [0.25, 0.3) is 5.69 Å². The fourth-order valence-corrected chi connectivity index (χ4v) is 1.20. The predicted molar refractivity (Wildman–Crippen MR) is 62.5 cm³/mol. The Morgan fingerprint density at radius 3 is 2.82 bits per heavy atom. The molecule has 0 saturated heterocycles. The van der Waals surface area contributed by atoms with Gasteiger partial charge in [-0.1, -0.05) is 6.07 Å². The van der Waals surface area contributed by atoms with Gasteiger partial charge in [0.1, 0.15) is 0 Å². The van der Waals surface area contributed by atoms with Crippen LogP contribution in [-0.4, -0.2) is 18.0 Å². The third-order valence-electron chi connectivity index (χ3n) is 1.93. The van der Waals surface area contributed by atoms with E-state index >= 15 is 0 Å². The van der Waals surface area contributed by atoms with Gasteiger partial charge in [-0.2, -0.15) is 0 Å². The summed E-state index contributed by atoms with van der Waals surface area (Å²) in [4.78, 5) is 21.0. The topological polar surface area (TPSA) is 81.5 Å². The van der Waals surface area contributed by atoms with Crippen LogP contribution >= 0.6 is 0 Å². The SMILES string of the molecule is COC(=O)/C=C(/C)Nc1cccc([N+](=O)[O-])c1. The zero-order chi connectivity index (χ0) is 12.8. The van der Waals surface area contributed by atoms with Gasteiger partial charge in [-0.05, 0) is 13.0 Å². The number of benzene rings is 1. The number of anilines is 1. The Kier molecular flexibility index (Phi) is 4.21. The highest BCUT2D eigenvalue weighted by molar-refractivity contribution is 5.83. The normalized spacial score (nSPS) is 10.8. The Bertz CT molecular complexity index is 468. The number of esters is 1. The van der Waals surface area contributed by atoms with E-state index in [4.69, 9.17) is 0 Å². The summed E-state index contributed by atoms with van der Waals surface area (Å²) >= 11 is 0. The zero-order valence-electron chi connectivity index (χ0n) is 9.47. The highest BCUT2D eigenvalue weighted by Gasteiger charge is 2.05. The summed E-state index contributed by atoms with van der Waals surface area (Å²) in [6, 6.07) is 6.01. The van der Waals surface area contributed by atoms with Crippen molar-refractivity contribution in [2.45, 2.75) is 6.92 Å². The number of carbonyl (C=O) groups excluding carboxylic acids is 1. The molecule has 6 nitrogen and oxygen atoms in total. The molecule has 0 fully saturated rings. The molecule has 0 aliphatic carbocycles. The first kappa shape index (κ1) is 12.7. The van der Waals surface area contributed by atoms with Gasteiger partial charge in [0.15, 0.2) is 0 Å². The predicted octanol–water partition coefficient (Wildman–Crippen LogP) is 2.08. The molecule has 1 rings (SSSR count). The van der Waals surface area contributed by atoms with Crippen molar-refractivity contribution in [3.8, 4) is 0 Å². The third kappa shape index (κ3) is 3.94. The number of nitro groups is 1. The third-order valence-corrected chi connectivity index (χ3v) is 1.93. The first-order valence-corrected chi connectivity index (χ1v) is 4.80. The molecule has 1 aromatic carbocycles. The van der Waals surface area contributed by atoms with Crippen molar-refractivity contribution in [3.05, 3.63) is 46.2 Å². The van der Waals surface area contributed by atoms with Crippen molar-refractivity contribution in [1.29, 1.82) is 0 Å². The highest BCUT2D eigenvalue weighted by Crippen LogP contribution is 2.18. The van der Waals surface area contributed by atoms with Gasteiger partial charge in [0.2, 0.25) is 0 Å². The molecule has 0 heterocycles. The molecule has 6 heteroatoms. The van der Waals surface area contributed by atoms with Crippen LogP contribution in [-0.2, 0) is 9.53 Å². The van der Waals surface area contributed by atoms with E-state index in [-0.39, 0.29) is 5.69 Å².